The lowest BCUT2D eigenvalue weighted by atomic mass is 10.1. The maximum atomic E-state index is 11.2. The minimum atomic E-state index is 0.196. The van der Waals surface area contributed by atoms with Gasteiger partial charge in [-0.25, -0.2) is 5.01 Å². The summed E-state index contributed by atoms with van der Waals surface area (Å²) in [6, 6.07) is 0. The molecule has 0 saturated heterocycles. The van der Waals surface area contributed by atoms with Gasteiger partial charge in [-0.05, 0) is 13.8 Å². The van der Waals surface area contributed by atoms with E-state index in [2.05, 4.69) is 5.43 Å². The number of allylic oxidation sites excluding steroid dienone is 2. The van der Waals surface area contributed by atoms with Crippen LogP contribution < -0.4 is 5.43 Å². The van der Waals surface area contributed by atoms with Crippen molar-refractivity contribution in [1.82, 2.24) is 10.4 Å². The van der Waals surface area contributed by atoms with E-state index in [-0.39, 0.29) is 5.78 Å². The van der Waals surface area contributed by atoms with Crippen LogP contribution in [0, 0.1) is 0 Å². The van der Waals surface area contributed by atoms with Crippen molar-refractivity contribution in [2.24, 2.45) is 0 Å². The van der Waals surface area contributed by atoms with E-state index in [9.17, 15) is 4.79 Å². The summed E-state index contributed by atoms with van der Waals surface area (Å²) in [5.74, 6) is 0.196. The highest BCUT2D eigenvalue weighted by atomic mass is 16.1. The lowest BCUT2D eigenvalue weighted by molar-refractivity contribution is -0.115. The quantitative estimate of drug-likeness (QED) is 0.510. The molecule has 12 heavy (non-hydrogen) atoms. The van der Waals surface area contributed by atoms with Crippen LogP contribution in [-0.2, 0) is 4.79 Å². The van der Waals surface area contributed by atoms with E-state index in [1.165, 1.54) is 0 Å². The topological polar surface area (TPSA) is 32.3 Å². The van der Waals surface area contributed by atoms with Crippen molar-refractivity contribution < 1.29 is 4.79 Å². The van der Waals surface area contributed by atoms with Crippen molar-refractivity contribution in [3.05, 3.63) is 11.3 Å². The second kappa shape index (κ2) is 4.93. The molecule has 0 aliphatic rings. The summed E-state index contributed by atoms with van der Waals surface area (Å²) in [4.78, 5) is 11.2. The number of rotatable bonds is 4. The largest absolute Gasteiger partial charge is 0.323 e. The summed E-state index contributed by atoms with van der Waals surface area (Å²) in [6.07, 6.45) is 0.568. The van der Waals surface area contributed by atoms with Crippen molar-refractivity contribution in [2.75, 3.05) is 14.1 Å². The fourth-order valence-electron chi connectivity index (χ4n) is 0.894. The summed E-state index contributed by atoms with van der Waals surface area (Å²) in [7, 11) is 3.79. The smallest absolute Gasteiger partial charge is 0.160 e. The number of nitrogens with zero attached hydrogens (tertiary/aromatic N) is 1. The molecular weight excluding hydrogens is 152 g/mol. The van der Waals surface area contributed by atoms with Crippen LogP contribution in [0.2, 0.25) is 0 Å². The standard InChI is InChI=1S/C9H18N2O/c1-6-9(12)7(2)8(3)10-11(4)5/h10H,6H2,1-5H3. The maximum Gasteiger partial charge on any atom is 0.160 e. The third kappa shape index (κ3) is 3.53. The Morgan fingerprint density at radius 2 is 1.83 bits per heavy atom. The summed E-state index contributed by atoms with van der Waals surface area (Å²) in [5.41, 5.74) is 4.78. The first-order valence-corrected chi connectivity index (χ1v) is 4.13. The van der Waals surface area contributed by atoms with Crippen LogP contribution in [0.25, 0.3) is 0 Å². The van der Waals surface area contributed by atoms with E-state index in [0.717, 1.165) is 11.3 Å². The van der Waals surface area contributed by atoms with Crippen molar-refractivity contribution in [1.29, 1.82) is 0 Å². The molecule has 0 unspecified atom stereocenters. The normalized spacial score (nSPS) is 12.8. The Morgan fingerprint density at radius 1 is 1.33 bits per heavy atom. The van der Waals surface area contributed by atoms with Crippen LogP contribution in [0.4, 0.5) is 0 Å². The zero-order valence-corrected chi connectivity index (χ0v) is 8.56. The Hall–Kier alpha value is -0.830. The predicted octanol–water partition coefficient (Wildman–Crippen LogP) is 1.33. The lowest BCUT2D eigenvalue weighted by Gasteiger charge is -2.15. The molecule has 0 aliphatic carbocycles. The van der Waals surface area contributed by atoms with Gasteiger partial charge >= 0.3 is 0 Å². The third-order valence-corrected chi connectivity index (χ3v) is 1.69. The van der Waals surface area contributed by atoms with E-state index in [1.54, 1.807) is 0 Å². The highest BCUT2D eigenvalue weighted by Gasteiger charge is 2.04. The predicted molar refractivity (Wildman–Crippen MR) is 50.5 cm³/mol. The van der Waals surface area contributed by atoms with Crippen LogP contribution >= 0.6 is 0 Å². The molecule has 0 bridgehead atoms. The van der Waals surface area contributed by atoms with Crippen LogP contribution in [0.15, 0.2) is 11.3 Å². The zero-order chi connectivity index (χ0) is 9.72. The van der Waals surface area contributed by atoms with Crippen molar-refractivity contribution in [3.8, 4) is 0 Å². The number of carbonyl (C=O) groups is 1. The molecular formula is C9H18N2O. The fourth-order valence-corrected chi connectivity index (χ4v) is 0.894. The Labute approximate surface area is 74.4 Å². The van der Waals surface area contributed by atoms with Gasteiger partial charge in [0, 0.05) is 31.8 Å². The number of nitrogens with one attached hydrogen (secondary N) is 1. The molecule has 0 heterocycles. The monoisotopic (exact) mass is 170 g/mol. The number of hydrogen-bond donors (Lipinski definition) is 1. The van der Waals surface area contributed by atoms with E-state index in [0.29, 0.717) is 6.42 Å². The molecule has 70 valence electrons. The van der Waals surface area contributed by atoms with Gasteiger partial charge in [-0.3, -0.25) is 4.79 Å². The molecule has 3 nitrogen and oxygen atoms in total. The maximum absolute atomic E-state index is 11.2. The summed E-state index contributed by atoms with van der Waals surface area (Å²) >= 11 is 0. The lowest BCUT2D eigenvalue weighted by Crippen LogP contribution is -2.29. The number of ketones is 1. The molecule has 0 aliphatic heterocycles. The van der Waals surface area contributed by atoms with E-state index in [1.807, 2.05) is 39.9 Å². The van der Waals surface area contributed by atoms with Crippen LogP contribution in [0.3, 0.4) is 0 Å². The molecule has 0 aromatic heterocycles. The van der Waals surface area contributed by atoms with Gasteiger partial charge in [-0.1, -0.05) is 6.92 Å². The molecule has 0 aromatic rings. The van der Waals surface area contributed by atoms with Gasteiger partial charge in [0.05, 0.1) is 0 Å². The van der Waals surface area contributed by atoms with Crippen LogP contribution in [-0.4, -0.2) is 24.9 Å². The summed E-state index contributed by atoms with van der Waals surface area (Å²) < 4.78 is 0. The average molecular weight is 170 g/mol. The van der Waals surface area contributed by atoms with Crippen molar-refractivity contribution in [3.63, 3.8) is 0 Å². The van der Waals surface area contributed by atoms with Gasteiger partial charge < -0.3 is 5.43 Å². The Kier molecular flexibility index (Phi) is 4.59. The molecule has 0 radical (unpaired) electrons. The Bertz CT molecular complexity index is 195. The highest BCUT2D eigenvalue weighted by molar-refractivity contribution is 5.95. The molecule has 0 spiro atoms. The van der Waals surface area contributed by atoms with E-state index < -0.39 is 0 Å². The van der Waals surface area contributed by atoms with E-state index >= 15 is 0 Å². The van der Waals surface area contributed by atoms with Gasteiger partial charge in [0.2, 0.25) is 0 Å². The number of hydrazine groups is 1. The molecule has 0 saturated carbocycles. The van der Waals surface area contributed by atoms with Crippen LogP contribution in [0.5, 0.6) is 0 Å². The minimum absolute atomic E-state index is 0.196. The second-order valence-electron chi connectivity index (χ2n) is 3.03. The number of hydrogen-bond acceptors (Lipinski definition) is 3. The van der Waals surface area contributed by atoms with Gasteiger partial charge in [0.25, 0.3) is 0 Å². The molecule has 0 aromatic carbocycles. The molecule has 0 amide bonds. The number of carbonyl (C=O) groups excluding carboxylic acids is 1. The molecule has 3 heteroatoms. The first kappa shape index (κ1) is 11.2. The minimum Gasteiger partial charge on any atom is -0.323 e. The Morgan fingerprint density at radius 3 is 2.17 bits per heavy atom. The SMILES string of the molecule is CCC(=O)C(C)=C(C)NN(C)C. The molecule has 0 rings (SSSR count). The van der Waals surface area contributed by atoms with Gasteiger partial charge in [-0.15, -0.1) is 0 Å². The molecule has 1 N–H and O–H groups in total. The van der Waals surface area contributed by atoms with E-state index in [4.69, 9.17) is 0 Å². The highest BCUT2D eigenvalue weighted by Crippen LogP contribution is 2.03. The van der Waals surface area contributed by atoms with Crippen molar-refractivity contribution in [2.45, 2.75) is 27.2 Å². The van der Waals surface area contributed by atoms with Crippen molar-refractivity contribution >= 4 is 5.78 Å². The Balaban J connectivity index is 4.35. The first-order chi connectivity index (χ1) is 5.49. The summed E-state index contributed by atoms with van der Waals surface area (Å²) in [5, 5.41) is 1.82. The van der Waals surface area contributed by atoms with Crippen LogP contribution in [0.1, 0.15) is 27.2 Å². The molecule has 0 fully saturated rings. The number of Topliss-reactive ketones (excluding diaryl/α,β-unsaturated/α-hetero) is 1. The van der Waals surface area contributed by atoms with Gasteiger partial charge in [0.1, 0.15) is 0 Å². The average Bonchev–Trinajstić information content (AvgIpc) is 2.00. The second-order valence-corrected chi connectivity index (χ2v) is 3.03. The third-order valence-electron chi connectivity index (χ3n) is 1.69. The van der Waals surface area contributed by atoms with Gasteiger partial charge in [0.15, 0.2) is 5.78 Å². The summed E-state index contributed by atoms with van der Waals surface area (Å²) in [6.45, 7) is 5.62. The molecule has 0 atom stereocenters. The first-order valence-electron chi connectivity index (χ1n) is 4.13. The van der Waals surface area contributed by atoms with Gasteiger partial charge in [-0.2, -0.15) is 0 Å². The zero-order valence-electron chi connectivity index (χ0n) is 8.56. The fraction of sp³-hybridized carbons (Fsp3) is 0.667.